The molecule has 2 aromatic rings. The Morgan fingerprint density at radius 1 is 0.793 bits per heavy atom. The van der Waals surface area contributed by atoms with Crippen molar-refractivity contribution in [3.05, 3.63) is 59.7 Å². The summed E-state index contributed by atoms with van der Waals surface area (Å²) in [5.41, 5.74) is 12.4. The van der Waals surface area contributed by atoms with Gasteiger partial charge in [0.05, 0.1) is 0 Å². The van der Waals surface area contributed by atoms with Crippen molar-refractivity contribution in [2.24, 2.45) is 11.5 Å². The van der Waals surface area contributed by atoms with Crippen LogP contribution in [0.15, 0.2) is 48.5 Å². The van der Waals surface area contributed by atoms with Crippen molar-refractivity contribution in [2.45, 2.75) is 24.9 Å². The fourth-order valence-electron chi connectivity index (χ4n) is 2.32. The zero-order valence-corrected chi connectivity index (χ0v) is 16.1. The maximum Gasteiger partial charge on any atom is 0.589 e. The number of phosphoric acid groups is 1. The van der Waals surface area contributed by atoms with E-state index in [1.165, 1.54) is 48.5 Å². The smallest absolute Gasteiger partial charge is 0.508 e. The van der Waals surface area contributed by atoms with E-state index < -0.39 is 31.8 Å². The van der Waals surface area contributed by atoms with Gasteiger partial charge in [0, 0.05) is 0 Å². The molecular weight excluding hydrogens is 403 g/mol. The van der Waals surface area contributed by atoms with Gasteiger partial charge in [0.1, 0.15) is 23.6 Å². The van der Waals surface area contributed by atoms with Crippen LogP contribution in [0, 0.1) is 0 Å². The van der Waals surface area contributed by atoms with Crippen LogP contribution < -0.4 is 11.5 Å². The fourth-order valence-corrected chi connectivity index (χ4v) is 3.08. The third-order valence-electron chi connectivity index (χ3n) is 3.80. The second-order valence-electron chi connectivity index (χ2n) is 6.24. The summed E-state index contributed by atoms with van der Waals surface area (Å²) in [6.07, 6.45) is -0.0686. The first kappa shape index (κ1) is 22.4. The van der Waals surface area contributed by atoms with Crippen LogP contribution in [0.2, 0.25) is 0 Å². The lowest BCUT2D eigenvalue weighted by Crippen LogP contribution is -2.36. The Bertz CT molecular complexity index is 830. The number of phosphoric ester groups is 1. The highest BCUT2D eigenvalue weighted by molar-refractivity contribution is 7.48. The summed E-state index contributed by atoms with van der Waals surface area (Å²) < 4.78 is 20.6. The Morgan fingerprint density at radius 2 is 1.10 bits per heavy atom. The summed E-state index contributed by atoms with van der Waals surface area (Å²) >= 11 is 0. The molecule has 0 unspecified atom stereocenters. The molecule has 156 valence electrons. The third-order valence-corrected chi connectivity index (χ3v) is 4.62. The van der Waals surface area contributed by atoms with Gasteiger partial charge in [0.15, 0.2) is 0 Å². The number of nitrogens with two attached hydrogens (primary N) is 2. The highest BCUT2D eigenvalue weighted by atomic mass is 31.2. The molecule has 2 aromatic carbocycles. The highest BCUT2D eigenvalue weighted by Crippen LogP contribution is 2.44. The van der Waals surface area contributed by atoms with Crippen molar-refractivity contribution in [3.8, 4) is 11.5 Å². The molecule has 29 heavy (non-hydrogen) atoms. The SMILES string of the molecule is N[C@@H](Cc1ccc(O)cc1)C(=O)OP(=O)(O)OC(=O)[C@@H](N)Cc1ccc(O)cc1. The van der Waals surface area contributed by atoms with Gasteiger partial charge in [0.2, 0.25) is 0 Å². The lowest BCUT2D eigenvalue weighted by molar-refractivity contribution is -0.141. The van der Waals surface area contributed by atoms with Crippen LogP contribution in [0.4, 0.5) is 0 Å². The molecule has 0 aromatic heterocycles. The molecule has 0 saturated heterocycles. The second kappa shape index (κ2) is 9.53. The zero-order chi connectivity index (χ0) is 21.6. The van der Waals surface area contributed by atoms with E-state index in [0.717, 1.165) is 0 Å². The van der Waals surface area contributed by atoms with Crippen molar-refractivity contribution in [3.63, 3.8) is 0 Å². The molecule has 0 bridgehead atoms. The van der Waals surface area contributed by atoms with E-state index in [1.807, 2.05) is 0 Å². The molecule has 0 spiro atoms. The number of carbonyl (C=O) groups is 2. The molecule has 0 fully saturated rings. The van der Waals surface area contributed by atoms with Gasteiger partial charge >= 0.3 is 19.8 Å². The maximum atomic E-state index is 11.9. The first-order valence-electron chi connectivity index (χ1n) is 8.42. The normalized spacial score (nSPS) is 13.3. The largest absolute Gasteiger partial charge is 0.589 e. The summed E-state index contributed by atoms with van der Waals surface area (Å²) in [5.74, 6) is -2.44. The molecule has 10 nitrogen and oxygen atoms in total. The summed E-state index contributed by atoms with van der Waals surface area (Å²) in [6.45, 7) is 0. The predicted molar refractivity (Wildman–Crippen MR) is 102 cm³/mol. The van der Waals surface area contributed by atoms with Crippen LogP contribution >= 0.6 is 7.82 Å². The van der Waals surface area contributed by atoms with Gasteiger partial charge in [-0.3, -0.25) is 4.89 Å². The molecule has 0 aliphatic rings. The van der Waals surface area contributed by atoms with Gasteiger partial charge in [-0.25, -0.2) is 14.2 Å². The molecule has 2 atom stereocenters. The summed E-state index contributed by atoms with van der Waals surface area (Å²) in [4.78, 5) is 33.5. The van der Waals surface area contributed by atoms with E-state index in [4.69, 9.17) is 11.5 Å². The fraction of sp³-hybridized carbons (Fsp3) is 0.222. The van der Waals surface area contributed by atoms with E-state index >= 15 is 0 Å². The molecule has 0 radical (unpaired) electrons. The number of hydrogen-bond acceptors (Lipinski definition) is 9. The molecule has 11 heteroatoms. The lowest BCUT2D eigenvalue weighted by atomic mass is 10.1. The summed E-state index contributed by atoms with van der Waals surface area (Å²) in [7, 11) is -5.08. The zero-order valence-electron chi connectivity index (χ0n) is 15.2. The topological polar surface area (TPSA) is 182 Å². The van der Waals surface area contributed by atoms with Gasteiger partial charge in [-0.1, -0.05) is 24.3 Å². The number of phenolic OH excluding ortho intramolecular Hbond substituents is 2. The van der Waals surface area contributed by atoms with E-state index in [9.17, 15) is 29.3 Å². The van der Waals surface area contributed by atoms with Gasteiger partial charge in [-0.15, -0.1) is 0 Å². The summed E-state index contributed by atoms with van der Waals surface area (Å²) in [5, 5.41) is 18.4. The Labute approximate surface area is 166 Å². The number of carbonyl (C=O) groups excluding carboxylic acids is 2. The van der Waals surface area contributed by atoms with E-state index in [1.54, 1.807) is 0 Å². The Hall–Kier alpha value is -2.91. The van der Waals surface area contributed by atoms with Crippen LogP contribution in [0.5, 0.6) is 11.5 Å². The average Bonchev–Trinajstić information content (AvgIpc) is 2.64. The third kappa shape index (κ3) is 7.20. The van der Waals surface area contributed by atoms with Crippen LogP contribution in [-0.4, -0.2) is 39.1 Å². The van der Waals surface area contributed by atoms with Gasteiger partial charge in [-0.2, -0.15) is 0 Å². The molecule has 0 aliphatic carbocycles. The molecule has 2 rings (SSSR count). The molecule has 0 aliphatic heterocycles. The number of benzene rings is 2. The summed E-state index contributed by atoms with van der Waals surface area (Å²) in [6, 6.07) is 9.03. The van der Waals surface area contributed by atoms with Crippen LogP contribution in [0.25, 0.3) is 0 Å². The van der Waals surface area contributed by atoms with Crippen LogP contribution in [-0.2, 0) is 36.0 Å². The van der Waals surface area contributed by atoms with Gasteiger partial charge in [0.25, 0.3) is 0 Å². The van der Waals surface area contributed by atoms with E-state index in [0.29, 0.717) is 11.1 Å². The maximum absolute atomic E-state index is 11.9. The van der Waals surface area contributed by atoms with Crippen molar-refractivity contribution in [1.29, 1.82) is 0 Å². The second-order valence-corrected chi connectivity index (χ2v) is 7.55. The molecule has 7 N–H and O–H groups in total. The van der Waals surface area contributed by atoms with Crippen molar-refractivity contribution in [1.82, 2.24) is 0 Å². The average molecular weight is 424 g/mol. The lowest BCUT2D eigenvalue weighted by Gasteiger charge is -2.17. The van der Waals surface area contributed by atoms with E-state index in [2.05, 4.69) is 9.05 Å². The number of rotatable bonds is 8. The molecule has 0 amide bonds. The minimum atomic E-state index is -5.08. The Morgan fingerprint density at radius 3 is 1.41 bits per heavy atom. The minimum Gasteiger partial charge on any atom is -0.508 e. The first-order valence-corrected chi connectivity index (χ1v) is 9.92. The number of phenols is 2. The van der Waals surface area contributed by atoms with Crippen molar-refractivity contribution >= 4 is 19.8 Å². The minimum absolute atomic E-state index is 0.0281. The predicted octanol–water partition coefficient (Wildman–Crippen LogP) is 0.724. The van der Waals surface area contributed by atoms with Gasteiger partial charge < -0.3 is 30.7 Å². The Kier molecular flexibility index (Phi) is 7.35. The standard InChI is InChI=1S/C18H21N2O8P/c19-15(9-11-1-5-13(21)6-2-11)17(23)27-29(25,26)28-18(24)16(20)10-12-3-7-14(22)8-4-12/h1-8,15-16,21-22H,9-10,19-20H2,(H,25,26)/t15-,16-/m0/s1. The first-order chi connectivity index (χ1) is 13.6. The Balaban J connectivity index is 1.89. The highest BCUT2D eigenvalue weighted by Gasteiger charge is 2.34. The molecule has 0 heterocycles. The van der Waals surface area contributed by atoms with Crippen molar-refractivity contribution < 1.29 is 38.3 Å². The van der Waals surface area contributed by atoms with Crippen LogP contribution in [0.1, 0.15) is 11.1 Å². The quantitative estimate of drug-likeness (QED) is 0.379. The van der Waals surface area contributed by atoms with E-state index in [-0.39, 0.29) is 24.3 Å². The van der Waals surface area contributed by atoms with Gasteiger partial charge in [-0.05, 0) is 48.2 Å². The number of aromatic hydroxyl groups is 2. The molecular formula is C18H21N2O8P. The monoisotopic (exact) mass is 424 g/mol. The molecule has 0 saturated carbocycles. The number of hydrogen-bond donors (Lipinski definition) is 5. The van der Waals surface area contributed by atoms with Crippen molar-refractivity contribution in [2.75, 3.05) is 0 Å². The van der Waals surface area contributed by atoms with Crippen LogP contribution in [0.3, 0.4) is 0 Å².